The van der Waals surface area contributed by atoms with Crippen LogP contribution in [0.4, 0.5) is 0 Å². The first-order valence-corrected chi connectivity index (χ1v) is 8.32. The Hall–Kier alpha value is -2.74. The number of rotatable bonds is 4. The van der Waals surface area contributed by atoms with Gasteiger partial charge in [-0.2, -0.15) is 10.1 Å². The molecule has 0 unspecified atom stereocenters. The number of fused-ring (bicyclic) bond motifs is 1. The van der Waals surface area contributed by atoms with Crippen molar-refractivity contribution in [3.63, 3.8) is 0 Å². The Bertz CT molecular complexity index is 881. The Morgan fingerprint density at radius 2 is 2.20 bits per heavy atom. The molecule has 8 nitrogen and oxygen atoms in total. The summed E-state index contributed by atoms with van der Waals surface area (Å²) in [5.74, 6) is 1.04. The summed E-state index contributed by atoms with van der Waals surface area (Å²) in [6.07, 6.45) is 3.38. The maximum atomic E-state index is 12.8. The highest BCUT2D eigenvalue weighted by atomic mass is 16.5. The van der Waals surface area contributed by atoms with Gasteiger partial charge in [0.15, 0.2) is 5.82 Å². The van der Waals surface area contributed by atoms with Crippen LogP contribution in [0.5, 0.6) is 0 Å². The average molecular weight is 341 g/mol. The van der Waals surface area contributed by atoms with Crippen LogP contribution in [0.3, 0.4) is 0 Å². The molecule has 1 saturated heterocycles. The van der Waals surface area contributed by atoms with Gasteiger partial charge in [0.2, 0.25) is 5.89 Å². The first-order valence-electron chi connectivity index (χ1n) is 8.32. The third-order valence-electron chi connectivity index (χ3n) is 4.54. The fourth-order valence-corrected chi connectivity index (χ4v) is 3.18. The Kier molecular flexibility index (Phi) is 4.19. The smallest absolute Gasteiger partial charge is 0.251 e. The fraction of sp³-hybridized carbons (Fsp3) is 0.412. The van der Waals surface area contributed by atoms with Crippen LogP contribution >= 0.6 is 0 Å². The zero-order valence-corrected chi connectivity index (χ0v) is 13.9. The number of nitrogens with one attached hydrogen (secondary N) is 2. The highest BCUT2D eigenvalue weighted by molar-refractivity contribution is 5.98. The van der Waals surface area contributed by atoms with Crippen LogP contribution in [0.2, 0.25) is 0 Å². The van der Waals surface area contributed by atoms with Gasteiger partial charge in [0.05, 0.1) is 11.7 Å². The maximum absolute atomic E-state index is 12.8. The lowest BCUT2D eigenvalue weighted by molar-refractivity contribution is 0.0468. The molecule has 1 amide bonds. The van der Waals surface area contributed by atoms with Crippen LogP contribution in [0, 0.1) is 12.8 Å². The molecule has 4 rings (SSSR count). The van der Waals surface area contributed by atoms with Gasteiger partial charge < -0.3 is 14.6 Å². The molecule has 0 saturated carbocycles. The number of H-pyrrole nitrogens is 1. The Morgan fingerprint density at radius 3 is 2.96 bits per heavy atom. The zero-order valence-electron chi connectivity index (χ0n) is 13.9. The molecule has 1 aromatic carbocycles. The van der Waals surface area contributed by atoms with E-state index in [2.05, 4.69) is 25.7 Å². The lowest BCUT2D eigenvalue weighted by atomic mass is 9.91. The van der Waals surface area contributed by atoms with Gasteiger partial charge >= 0.3 is 0 Å². The van der Waals surface area contributed by atoms with E-state index in [0.717, 1.165) is 23.7 Å². The van der Waals surface area contributed by atoms with Crippen LogP contribution < -0.4 is 5.32 Å². The van der Waals surface area contributed by atoms with E-state index >= 15 is 0 Å². The van der Waals surface area contributed by atoms with Crippen LogP contribution in [0.1, 0.15) is 41.0 Å². The molecular formula is C17H19N5O3. The van der Waals surface area contributed by atoms with E-state index in [1.54, 1.807) is 19.2 Å². The Labute approximate surface area is 143 Å². The lowest BCUT2D eigenvalue weighted by Gasteiger charge is -2.28. The number of benzene rings is 1. The number of amides is 1. The molecule has 1 fully saturated rings. The molecule has 8 heteroatoms. The molecule has 3 heterocycles. The highest BCUT2D eigenvalue weighted by Gasteiger charge is 2.31. The predicted molar refractivity (Wildman–Crippen MR) is 88.9 cm³/mol. The van der Waals surface area contributed by atoms with Gasteiger partial charge in [-0.1, -0.05) is 5.16 Å². The van der Waals surface area contributed by atoms with Gasteiger partial charge in [0, 0.05) is 24.2 Å². The van der Waals surface area contributed by atoms with Crippen molar-refractivity contribution in [3.05, 3.63) is 41.7 Å². The van der Waals surface area contributed by atoms with Gasteiger partial charge in [-0.3, -0.25) is 9.89 Å². The normalized spacial score (nSPS) is 16.8. The van der Waals surface area contributed by atoms with Crippen molar-refractivity contribution < 1.29 is 14.1 Å². The van der Waals surface area contributed by atoms with Crippen molar-refractivity contribution in [2.45, 2.75) is 25.8 Å². The van der Waals surface area contributed by atoms with E-state index in [1.165, 1.54) is 0 Å². The summed E-state index contributed by atoms with van der Waals surface area (Å²) >= 11 is 0. The Balaban J connectivity index is 1.59. The van der Waals surface area contributed by atoms with Gasteiger partial charge in [0.1, 0.15) is 6.04 Å². The average Bonchev–Trinajstić information content (AvgIpc) is 3.28. The number of carbonyl (C=O) groups is 1. The number of hydrogen-bond donors (Lipinski definition) is 2. The summed E-state index contributed by atoms with van der Waals surface area (Å²) in [5.41, 5.74) is 1.47. The number of hydrogen-bond acceptors (Lipinski definition) is 6. The van der Waals surface area contributed by atoms with Crippen molar-refractivity contribution in [2.24, 2.45) is 5.92 Å². The molecule has 1 atom stereocenters. The topological polar surface area (TPSA) is 106 Å². The standard InChI is InChI=1S/C17H19N5O3/c1-10-19-17(25-22-10)15(11-4-6-24-7-5-11)20-16(23)12-2-3-14-13(8-12)9-18-21-14/h2-3,8-9,11,15H,4-7H2,1H3,(H,18,21)(H,20,23)/t15-/m1/s1. The molecule has 2 aromatic heterocycles. The van der Waals surface area contributed by atoms with Gasteiger partial charge in [-0.15, -0.1) is 0 Å². The first kappa shape index (κ1) is 15.8. The highest BCUT2D eigenvalue weighted by Crippen LogP contribution is 2.29. The van der Waals surface area contributed by atoms with E-state index in [9.17, 15) is 4.79 Å². The van der Waals surface area contributed by atoms with E-state index in [4.69, 9.17) is 9.26 Å². The summed E-state index contributed by atoms with van der Waals surface area (Å²) in [4.78, 5) is 17.1. The molecule has 1 aliphatic heterocycles. The minimum absolute atomic E-state index is 0.171. The minimum atomic E-state index is -0.322. The van der Waals surface area contributed by atoms with Crippen LogP contribution in [-0.4, -0.2) is 39.5 Å². The van der Waals surface area contributed by atoms with E-state index in [-0.39, 0.29) is 17.9 Å². The third-order valence-corrected chi connectivity index (χ3v) is 4.54. The van der Waals surface area contributed by atoms with E-state index in [1.807, 2.05) is 12.1 Å². The second-order valence-corrected chi connectivity index (χ2v) is 6.25. The molecule has 3 aromatic rings. The van der Waals surface area contributed by atoms with E-state index in [0.29, 0.717) is 30.5 Å². The molecule has 130 valence electrons. The van der Waals surface area contributed by atoms with Crippen molar-refractivity contribution in [1.82, 2.24) is 25.7 Å². The van der Waals surface area contributed by atoms with Crippen LogP contribution in [-0.2, 0) is 4.74 Å². The van der Waals surface area contributed by atoms with Gasteiger partial charge in [0.25, 0.3) is 5.91 Å². The number of carbonyl (C=O) groups excluding carboxylic acids is 1. The zero-order chi connectivity index (χ0) is 17.2. The maximum Gasteiger partial charge on any atom is 0.251 e. The van der Waals surface area contributed by atoms with Crippen molar-refractivity contribution >= 4 is 16.8 Å². The molecule has 2 N–H and O–H groups in total. The van der Waals surface area contributed by atoms with E-state index < -0.39 is 0 Å². The molecular weight excluding hydrogens is 322 g/mol. The lowest BCUT2D eigenvalue weighted by Crippen LogP contribution is -2.36. The first-order chi connectivity index (χ1) is 12.2. The number of aryl methyl sites for hydroxylation is 1. The number of nitrogens with zero attached hydrogens (tertiary/aromatic N) is 3. The van der Waals surface area contributed by atoms with Crippen molar-refractivity contribution in [1.29, 1.82) is 0 Å². The third kappa shape index (κ3) is 3.25. The molecule has 0 bridgehead atoms. The van der Waals surface area contributed by atoms with Crippen molar-refractivity contribution in [2.75, 3.05) is 13.2 Å². The van der Waals surface area contributed by atoms with Gasteiger partial charge in [-0.05, 0) is 43.9 Å². The second-order valence-electron chi connectivity index (χ2n) is 6.25. The Morgan fingerprint density at radius 1 is 1.36 bits per heavy atom. The van der Waals surface area contributed by atoms with Crippen LogP contribution in [0.15, 0.2) is 28.9 Å². The summed E-state index contributed by atoms with van der Waals surface area (Å²) in [5, 5.41) is 14.7. The predicted octanol–water partition coefficient (Wildman–Crippen LogP) is 2.15. The summed E-state index contributed by atoms with van der Waals surface area (Å²) in [6, 6.07) is 5.11. The molecule has 25 heavy (non-hydrogen) atoms. The minimum Gasteiger partial charge on any atom is -0.381 e. The largest absolute Gasteiger partial charge is 0.381 e. The second kappa shape index (κ2) is 6.64. The molecule has 0 radical (unpaired) electrons. The number of aromatic nitrogens is 4. The quantitative estimate of drug-likeness (QED) is 0.753. The summed E-state index contributed by atoms with van der Waals surface area (Å²) in [6.45, 7) is 3.11. The molecule has 1 aliphatic rings. The summed E-state index contributed by atoms with van der Waals surface area (Å²) in [7, 11) is 0. The SMILES string of the molecule is Cc1noc([C@H](NC(=O)c2ccc3[nH]ncc3c2)C2CCOCC2)n1. The van der Waals surface area contributed by atoms with Crippen molar-refractivity contribution in [3.8, 4) is 0 Å². The number of aromatic amines is 1. The monoisotopic (exact) mass is 341 g/mol. The fourth-order valence-electron chi connectivity index (χ4n) is 3.18. The number of ether oxygens (including phenoxy) is 1. The molecule has 0 spiro atoms. The van der Waals surface area contributed by atoms with Gasteiger partial charge in [-0.25, -0.2) is 0 Å². The molecule has 0 aliphatic carbocycles. The summed E-state index contributed by atoms with van der Waals surface area (Å²) < 4.78 is 10.8. The van der Waals surface area contributed by atoms with Crippen LogP contribution in [0.25, 0.3) is 10.9 Å².